The molecule has 1 aromatic rings. The van der Waals surface area contributed by atoms with Crippen LogP contribution in [0.1, 0.15) is 18.4 Å². The van der Waals surface area contributed by atoms with Gasteiger partial charge in [0.2, 0.25) is 0 Å². The van der Waals surface area contributed by atoms with Crippen LogP contribution in [-0.4, -0.2) is 5.88 Å². The molecule has 0 bridgehead atoms. The Morgan fingerprint density at radius 1 is 1.08 bits per heavy atom. The van der Waals surface area contributed by atoms with E-state index in [2.05, 4.69) is 0 Å². The van der Waals surface area contributed by atoms with Gasteiger partial charge in [-0.1, -0.05) is 35.3 Å². The molecule has 0 aliphatic carbocycles. The molecule has 0 N–H and O–H groups in total. The Hall–Kier alpha value is 0.0900. The molecule has 3 heteroatoms. The van der Waals surface area contributed by atoms with Gasteiger partial charge in [0, 0.05) is 5.88 Å². The summed E-state index contributed by atoms with van der Waals surface area (Å²) in [5.41, 5.74) is 1.11. The molecule has 72 valence electrons. The lowest BCUT2D eigenvalue weighted by atomic mass is 10.1. The van der Waals surface area contributed by atoms with Crippen molar-refractivity contribution in [2.24, 2.45) is 0 Å². The molecule has 0 unspecified atom stereocenters. The van der Waals surface area contributed by atoms with Gasteiger partial charge in [-0.25, -0.2) is 0 Å². The molecule has 0 atom stereocenters. The zero-order valence-electron chi connectivity index (χ0n) is 7.19. The molecule has 0 nitrogen and oxygen atoms in total. The lowest BCUT2D eigenvalue weighted by molar-refractivity contribution is 0.800. The van der Waals surface area contributed by atoms with Gasteiger partial charge >= 0.3 is 0 Å². The van der Waals surface area contributed by atoms with Crippen LogP contribution in [0.2, 0.25) is 10.0 Å². The zero-order chi connectivity index (χ0) is 9.68. The third kappa shape index (κ3) is 3.38. The Kier molecular flexibility index (Phi) is 4.93. The van der Waals surface area contributed by atoms with E-state index in [9.17, 15) is 0 Å². The number of hydrogen-bond acceptors (Lipinski definition) is 0. The van der Waals surface area contributed by atoms with Gasteiger partial charge in [-0.2, -0.15) is 0 Å². The molecule has 0 aliphatic rings. The number of rotatable bonds is 4. The van der Waals surface area contributed by atoms with Crippen molar-refractivity contribution in [3.8, 4) is 0 Å². The average Bonchev–Trinajstić information content (AvgIpc) is 2.13. The van der Waals surface area contributed by atoms with Crippen LogP contribution in [0.25, 0.3) is 0 Å². The van der Waals surface area contributed by atoms with Crippen molar-refractivity contribution in [3.05, 3.63) is 33.8 Å². The van der Waals surface area contributed by atoms with Gasteiger partial charge in [0.1, 0.15) is 0 Å². The van der Waals surface area contributed by atoms with Crippen molar-refractivity contribution in [2.45, 2.75) is 19.3 Å². The fraction of sp³-hybridized carbons (Fsp3) is 0.400. The van der Waals surface area contributed by atoms with Crippen molar-refractivity contribution < 1.29 is 0 Å². The van der Waals surface area contributed by atoms with Crippen molar-refractivity contribution in [2.75, 3.05) is 5.88 Å². The summed E-state index contributed by atoms with van der Waals surface area (Å²) < 4.78 is 0. The van der Waals surface area contributed by atoms with E-state index in [1.807, 2.05) is 12.1 Å². The molecule has 0 spiro atoms. The second kappa shape index (κ2) is 5.74. The maximum absolute atomic E-state index is 6.01. The summed E-state index contributed by atoms with van der Waals surface area (Å²) in [4.78, 5) is 0. The molecular weight excluding hydrogens is 226 g/mol. The van der Waals surface area contributed by atoms with Crippen LogP contribution in [0.15, 0.2) is 18.2 Å². The lowest BCUT2D eigenvalue weighted by Crippen LogP contribution is -1.88. The first-order chi connectivity index (χ1) is 6.25. The quantitative estimate of drug-likeness (QED) is 0.532. The average molecular weight is 238 g/mol. The summed E-state index contributed by atoms with van der Waals surface area (Å²) in [6.45, 7) is 0. The molecule has 1 rings (SSSR count). The number of alkyl halides is 1. The van der Waals surface area contributed by atoms with E-state index in [1.54, 1.807) is 6.07 Å². The summed E-state index contributed by atoms with van der Waals surface area (Å²) in [6.07, 6.45) is 3.03. The predicted molar refractivity (Wildman–Crippen MR) is 60.1 cm³/mol. The zero-order valence-corrected chi connectivity index (χ0v) is 9.46. The van der Waals surface area contributed by atoms with Crippen molar-refractivity contribution in [1.29, 1.82) is 0 Å². The SMILES string of the molecule is ClCCCCc1cccc(Cl)c1Cl. The van der Waals surface area contributed by atoms with Crippen molar-refractivity contribution in [1.82, 2.24) is 0 Å². The van der Waals surface area contributed by atoms with Gasteiger partial charge in [0.05, 0.1) is 10.0 Å². The number of halogens is 3. The van der Waals surface area contributed by atoms with E-state index in [1.165, 1.54) is 0 Å². The van der Waals surface area contributed by atoms with Gasteiger partial charge in [0.15, 0.2) is 0 Å². The Labute approximate surface area is 93.8 Å². The molecular formula is C10H11Cl3. The first kappa shape index (κ1) is 11.2. The molecule has 0 radical (unpaired) electrons. The topological polar surface area (TPSA) is 0 Å². The van der Waals surface area contributed by atoms with Gasteiger partial charge in [0.25, 0.3) is 0 Å². The second-order valence-electron chi connectivity index (χ2n) is 2.86. The van der Waals surface area contributed by atoms with Crippen LogP contribution >= 0.6 is 34.8 Å². The van der Waals surface area contributed by atoms with Crippen LogP contribution in [-0.2, 0) is 6.42 Å². The van der Waals surface area contributed by atoms with Gasteiger partial charge in [-0.05, 0) is 30.9 Å². The summed E-state index contributed by atoms with van der Waals surface area (Å²) in [7, 11) is 0. The summed E-state index contributed by atoms with van der Waals surface area (Å²) in [5.74, 6) is 0.707. The molecule has 1 aromatic carbocycles. The van der Waals surface area contributed by atoms with E-state index in [-0.39, 0.29) is 0 Å². The van der Waals surface area contributed by atoms with Gasteiger partial charge < -0.3 is 0 Å². The molecule has 0 saturated heterocycles. The predicted octanol–water partition coefficient (Wildman–Crippen LogP) is 4.55. The largest absolute Gasteiger partial charge is 0.127 e. The van der Waals surface area contributed by atoms with E-state index in [0.29, 0.717) is 15.9 Å². The maximum Gasteiger partial charge on any atom is 0.0624 e. The van der Waals surface area contributed by atoms with Crippen LogP contribution in [0, 0.1) is 0 Å². The smallest absolute Gasteiger partial charge is 0.0624 e. The maximum atomic E-state index is 6.01. The fourth-order valence-electron chi connectivity index (χ4n) is 1.15. The molecule has 0 fully saturated rings. The highest BCUT2D eigenvalue weighted by molar-refractivity contribution is 6.42. The molecule has 13 heavy (non-hydrogen) atoms. The molecule has 0 aliphatic heterocycles. The number of unbranched alkanes of at least 4 members (excludes halogenated alkanes) is 1. The van der Waals surface area contributed by atoms with Crippen LogP contribution in [0.5, 0.6) is 0 Å². The van der Waals surface area contributed by atoms with Crippen LogP contribution < -0.4 is 0 Å². The molecule has 0 aromatic heterocycles. The number of benzene rings is 1. The normalized spacial score (nSPS) is 10.4. The Balaban J connectivity index is 2.61. The minimum absolute atomic E-state index is 0.630. The summed E-state index contributed by atoms with van der Waals surface area (Å²) in [5, 5.41) is 1.31. The first-order valence-electron chi connectivity index (χ1n) is 4.24. The van der Waals surface area contributed by atoms with E-state index in [4.69, 9.17) is 34.8 Å². The Morgan fingerprint density at radius 2 is 1.85 bits per heavy atom. The fourth-order valence-corrected chi connectivity index (χ4v) is 1.76. The highest BCUT2D eigenvalue weighted by Crippen LogP contribution is 2.26. The Bertz CT molecular complexity index is 271. The third-order valence-corrected chi connectivity index (χ3v) is 2.99. The van der Waals surface area contributed by atoms with Gasteiger partial charge in [-0.3, -0.25) is 0 Å². The number of hydrogen-bond donors (Lipinski definition) is 0. The standard InChI is InChI=1S/C10H11Cl3/c11-7-2-1-4-8-5-3-6-9(12)10(8)13/h3,5-6H,1-2,4,7H2. The van der Waals surface area contributed by atoms with Crippen molar-refractivity contribution >= 4 is 34.8 Å². The van der Waals surface area contributed by atoms with Crippen LogP contribution in [0.3, 0.4) is 0 Å². The first-order valence-corrected chi connectivity index (χ1v) is 5.53. The minimum Gasteiger partial charge on any atom is -0.127 e. The molecule has 0 heterocycles. The second-order valence-corrected chi connectivity index (χ2v) is 4.02. The summed E-state index contributed by atoms with van der Waals surface area (Å²) >= 11 is 17.5. The highest BCUT2D eigenvalue weighted by atomic mass is 35.5. The Morgan fingerprint density at radius 3 is 2.54 bits per heavy atom. The minimum atomic E-state index is 0.630. The van der Waals surface area contributed by atoms with E-state index >= 15 is 0 Å². The monoisotopic (exact) mass is 236 g/mol. The van der Waals surface area contributed by atoms with E-state index in [0.717, 1.165) is 24.8 Å². The van der Waals surface area contributed by atoms with Crippen molar-refractivity contribution in [3.63, 3.8) is 0 Å². The lowest BCUT2D eigenvalue weighted by Gasteiger charge is -2.04. The summed E-state index contributed by atoms with van der Waals surface area (Å²) in [6, 6.07) is 5.72. The molecule has 0 amide bonds. The van der Waals surface area contributed by atoms with Gasteiger partial charge in [-0.15, -0.1) is 11.6 Å². The highest BCUT2D eigenvalue weighted by Gasteiger charge is 2.02. The number of aryl methyl sites for hydroxylation is 1. The third-order valence-electron chi connectivity index (χ3n) is 1.86. The molecule has 0 saturated carbocycles. The van der Waals surface area contributed by atoms with E-state index < -0.39 is 0 Å². The van der Waals surface area contributed by atoms with Crippen LogP contribution in [0.4, 0.5) is 0 Å².